The van der Waals surface area contributed by atoms with Crippen molar-refractivity contribution in [2.24, 2.45) is 0 Å². The lowest BCUT2D eigenvalue weighted by Gasteiger charge is -1.97. The Morgan fingerprint density at radius 3 is 2.73 bits per heavy atom. The summed E-state index contributed by atoms with van der Waals surface area (Å²) in [5.74, 6) is -2.28. The topological polar surface area (TPSA) is 98.3 Å². The summed E-state index contributed by atoms with van der Waals surface area (Å²) >= 11 is 0. The molecule has 0 unspecified atom stereocenters. The Hall–Kier alpha value is -2.06. The zero-order valence-corrected chi connectivity index (χ0v) is 7.13. The molecular weight excluding hydrogens is 216 g/mol. The van der Waals surface area contributed by atoms with Crippen LogP contribution in [0.2, 0.25) is 0 Å². The van der Waals surface area contributed by atoms with Gasteiger partial charge in [0.2, 0.25) is 0 Å². The average molecular weight is 221 g/mol. The second-order valence-electron chi connectivity index (χ2n) is 2.52. The highest BCUT2D eigenvalue weighted by atomic mass is 19.3. The normalized spacial score (nSPS) is 10.6. The summed E-state index contributed by atoms with van der Waals surface area (Å²) in [7, 11) is 0. The van der Waals surface area contributed by atoms with Crippen LogP contribution in [0, 0.1) is 10.1 Å². The fraction of sp³-hybridized carbons (Fsp3) is 0.333. The third-order valence-corrected chi connectivity index (χ3v) is 1.48. The second kappa shape index (κ2) is 3.98. The fourth-order valence-electron chi connectivity index (χ4n) is 0.923. The number of aromatic carboxylic acids is 1. The van der Waals surface area contributed by atoms with Crippen molar-refractivity contribution in [2.45, 2.75) is 13.0 Å². The van der Waals surface area contributed by atoms with E-state index in [0.717, 1.165) is 0 Å². The third kappa shape index (κ3) is 2.45. The summed E-state index contributed by atoms with van der Waals surface area (Å²) in [6, 6.07) is 0.630. The third-order valence-electron chi connectivity index (χ3n) is 1.48. The number of alkyl halides is 2. The van der Waals surface area contributed by atoms with Crippen LogP contribution in [0.4, 0.5) is 14.6 Å². The standard InChI is InChI=1S/C6H5F2N3O4/c7-4(8)2-10-5(11(14)15)1-3(9-10)6(12)13/h1,4H,2H2,(H,12,13). The number of rotatable bonds is 4. The molecule has 0 fully saturated rings. The first-order chi connectivity index (χ1) is 6.91. The number of carbonyl (C=O) groups is 1. The molecule has 0 spiro atoms. The van der Waals surface area contributed by atoms with Crippen molar-refractivity contribution < 1.29 is 23.6 Å². The zero-order chi connectivity index (χ0) is 11.6. The van der Waals surface area contributed by atoms with E-state index in [-0.39, 0.29) is 0 Å². The minimum absolute atomic E-state index is 0.355. The Bertz CT molecular complexity index is 403. The van der Waals surface area contributed by atoms with Crippen molar-refractivity contribution in [3.05, 3.63) is 21.9 Å². The predicted molar refractivity (Wildman–Crippen MR) is 41.8 cm³/mol. The van der Waals surface area contributed by atoms with Gasteiger partial charge in [-0.05, 0) is 4.92 Å². The van der Waals surface area contributed by atoms with Crippen LogP contribution in [0.25, 0.3) is 0 Å². The van der Waals surface area contributed by atoms with Crippen LogP contribution in [0.3, 0.4) is 0 Å². The summed E-state index contributed by atoms with van der Waals surface area (Å²) in [6.45, 7) is -1.01. The van der Waals surface area contributed by atoms with Crippen molar-refractivity contribution in [3.63, 3.8) is 0 Å². The summed E-state index contributed by atoms with van der Waals surface area (Å²) in [5.41, 5.74) is -0.637. The lowest BCUT2D eigenvalue weighted by atomic mass is 10.4. The minimum atomic E-state index is -2.84. The van der Waals surface area contributed by atoms with E-state index in [1.54, 1.807) is 0 Å². The smallest absolute Gasteiger partial charge is 0.358 e. The molecule has 1 heterocycles. The van der Waals surface area contributed by atoms with Gasteiger partial charge in [-0.15, -0.1) is 4.68 Å². The van der Waals surface area contributed by atoms with Crippen LogP contribution in [0.5, 0.6) is 0 Å². The number of carboxylic acid groups (broad SMARTS) is 1. The second-order valence-corrected chi connectivity index (χ2v) is 2.52. The lowest BCUT2D eigenvalue weighted by Crippen LogP contribution is -2.11. The number of carboxylic acids is 1. The summed E-state index contributed by atoms with van der Waals surface area (Å²) in [5, 5.41) is 22.0. The van der Waals surface area contributed by atoms with Gasteiger partial charge in [-0.1, -0.05) is 5.10 Å². The molecule has 0 amide bonds. The van der Waals surface area contributed by atoms with Crippen LogP contribution in [0.15, 0.2) is 6.07 Å². The van der Waals surface area contributed by atoms with Crippen molar-refractivity contribution in [1.29, 1.82) is 0 Å². The Morgan fingerprint density at radius 1 is 1.73 bits per heavy atom. The quantitative estimate of drug-likeness (QED) is 0.597. The van der Waals surface area contributed by atoms with Gasteiger partial charge in [0.1, 0.15) is 0 Å². The molecule has 15 heavy (non-hydrogen) atoms. The molecule has 0 aliphatic carbocycles. The summed E-state index contributed by atoms with van der Waals surface area (Å²) in [6.07, 6.45) is -2.84. The minimum Gasteiger partial charge on any atom is -0.476 e. The van der Waals surface area contributed by atoms with Gasteiger partial charge in [-0.2, -0.15) is 0 Å². The van der Waals surface area contributed by atoms with Crippen LogP contribution >= 0.6 is 0 Å². The first-order valence-electron chi connectivity index (χ1n) is 3.65. The fourth-order valence-corrected chi connectivity index (χ4v) is 0.923. The van der Waals surface area contributed by atoms with Gasteiger partial charge >= 0.3 is 11.8 Å². The van der Waals surface area contributed by atoms with Gasteiger partial charge in [0.15, 0.2) is 12.2 Å². The van der Waals surface area contributed by atoms with E-state index < -0.39 is 35.4 Å². The largest absolute Gasteiger partial charge is 0.476 e. The Morgan fingerprint density at radius 2 is 2.33 bits per heavy atom. The molecule has 1 N–H and O–H groups in total. The number of hydrogen-bond acceptors (Lipinski definition) is 4. The van der Waals surface area contributed by atoms with Gasteiger partial charge in [0.05, 0.1) is 6.07 Å². The van der Waals surface area contributed by atoms with E-state index >= 15 is 0 Å². The van der Waals surface area contributed by atoms with E-state index in [9.17, 15) is 23.7 Å². The van der Waals surface area contributed by atoms with Gasteiger partial charge < -0.3 is 15.2 Å². The van der Waals surface area contributed by atoms with Crippen LogP contribution in [0.1, 0.15) is 10.5 Å². The molecule has 0 aliphatic rings. The van der Waals surface area contributed by atoms with Crippen LogP contribution in [-0.2, 0) is 6.54 Å². The Balaban J connectivity index is 3.11. The molecule has 0 aliphatic heterocycles. The van der Waals surface area contributed by atoms with Gasteiger partial charge in [0.25, 0.3) is 6.43 Å². The lowest BCUT2D eigenvalue weighted by molar-refractivity contribution is -0.393. The maximum atomic E-state index is 11.9. The molecule has 9 heteroatoms. The zero-order valence-electron chi connectivity index (χ0n) is 7.13. The maximum Gasteiger partial charge on any atom is 0.358 e. The van der Waals surface area contributed by atoms with E-state index in [2.05, 4.69) is 5.10 Å². The van der Waals surface area contributed by atoms with Crippen molar-refractivity contribution in [2.75, 3.05) is 0 Å². The van der Waals surface area contributed by atoms with Crippen molar-refractivity contribution in [1.82, 2.24) is 9.78 Å². The maximum absolute atomic E-state index is 11.9. The number of halogens is 2. The highest BCUT2D eigenvalue weighted by Crippen LogP contribution is 2.15. The number of nitrogens with zero attached hydrogens (tertiary/aromatic N) is 3. The van der Waals surface area contributed by atoms with Crippen LogP contribution in [-0.4, -0.2) is 32.2 Å². The van der Waals surface area contributed by atoms with Crippen LogP contribution < -0.4 is 0 Å². The molecule has 7 nitrogen and oxygen atoms in total. The average Bonchev–Trinajstić information content (AvgIpc) is 2.46. The first-order valence-corrected chi connectivity index (χ1v) is 3.65. The molecule has 82 valence electrons. The van der Waals surface area contributed by atoms with E-state index in [1.807, 2.05) is 0 Å². The molecule has 0 saturated heterocycles. The molecular formula is C6H5F2N3O4. The van der Waals surface area contributed by atoms with E-state index in [1.165, 1.54) is 0 Å². The highest BCUT2D eigenvalue weighted by Gasteiger charge is 2.24. The molecule has 0 aromatic carbocycles. The molecule has 0 saturated carbocycles. The Kier molecular flexibility index (Phi) is 2.93. The monoisotopic (exact) mass is 221 g/mol. The van der Waals surface area contributed by atoms with Crippen molar-refractivity contribution >= 4 is 11.8 Å². The number of nitro groups is 1. The van der Waals surface area contributed by atoms with E-state index in [0.29, 0.717) is 10.7 Å². The van der Waals surface area contributed by atoms with E-state index in [4.69, 9.17) is 5.11 Å². The first kappa shape index (κ1) is 11.0. The molecule has 0 radical (unpaired) electrons. The SMILES string of the molecule is O=C(O)c1cc([N+](=O)[O-])n(CC(F)F)n1. The van der Waals surface area contributed by atoms with Gasteiger partial charge in [0, 0.05) is 0 Å². The summed E-state index contributed by atoms with van der Waals surface area (Å²) < 4.78 is 24.2. The van der Waals surface area contributed by atoms with Gasteiger partial charge in [-0.25, -0.2) is 13.6 Å². The molecule has 1 aromatic rings. The highest BCUT2D eigenvalue weighted by molar-refractivity contribution is 5.85. The molecule has 0 bridgehead atoms. The summed E-state index contributed by atoms with van der Waals surface area (Å²) in [4.78, 5) is 19.8. The van der Waals surface area contributed by atoms with Crippen molar-refractivity contribution in [3.8, 4) is 0 Å². The van der Waals surface area contributed by atoms with Gasteiger partial charge in [-0.3, -0.25) is 0 Å². The number of aromatic nitrogens is 2. The number of hydrogen-bond donors (Lipinski definition) is 1. The molecule has 1 rings (SSSR count). The predicted octanol–water partition coefficient (Wildman–Crippen LogP) is 0.755. The molecule has 0 atom stereocenters. The molecule has 1 aromatic heterocycles. The Labute approximate surface area is 81.1 Å².